The molecule has 1 aliphatic heterocycles. The fourth-order valence-electron chi connectivity index (χ4n) is 2.10. The summed E-state index contributed by atoms with van der Waals surface area (Å²) < 4.78 is 24.0. The number of likely N-dealkylation sites (N-methyl/N-ethyl adjacent to an activating group) is 1. The minimum absolute atomic E-state index is 0.0971. The number of carboxylic acids is 1. The van der Waals surface area contributed by atoms with Crippen molar-refractivity contribution in [1.82, 2.24) is 15.1 Å². The minimum Gasteiger partial charge on any atom is -0.480 e. The van der Waals surface area contributed by atoms with Crippen molar-refractivity contribution >= 4 is 21.7 Å². The number of sulfone groups is 1. The van der Waals surface area contributed by atoms with Crippen LogP contribution in [0.5, 0.6) is 0 Å². The van der Waals surface area contributed by atoms with Crippen LogP contribution in [-0.4, -0.2) is 92.5 Å². The predicted molar refractivity (Wildman–Crippen MR) is 77.8 cm³/mol. The van der Waals surface area contributed by atoms with Gasteiger partial charge >= 0.3 is 5.97 Å². The molecule has 0 aromatic rings. The van der Waals surface area contributed by atoms with E-state index in [0.29, 0.717) is 6.54 Å². The summed E-state index contributed by atoms with van der Waals surface area (Å²) in [5, 5.41) is 11.1. The summed E-state index contributed by atoms with van der Waals surface area (Å²) in [5.74, 6) is -2.57. The van der Waals surface area contributed by atoms with Gasteiger partial charge in [-0.25, -0.2) is 13.2 Å². The second kappa shape index (κ2) is 7.71. The van der Waals surface area contributed by atoms with Crippen molar-refractivity contribution in [1.29, 1.82) is 0 Å². The number of carbonyl (C=O) groups is 2. The maximum absolute atomic E-state index is 12.0. The average molecular weight is 321 g/mol. The number of amides is 1. The zero-order valence-electron chi connectivity index (χ0n) is 12.4. The lowest BCUT2D eigenvalue weighted by atomic mass is 10.3. The maximum Gasteiger partial charge on any atom is 0.327 e. The van der Waals surface area contributed by atoms with E-state index in [1.807, 2.05) is 11.9 Å². The zero-order valence-corrected chi connectivity index (χ0v) is 13.2. The first-order valence-corrected chi connectivity index (χ1v) is 8.63. The van der Waals surface area contributed by atoms with Crippen molar-refractivity contribution < 1.29 is 23.1 Å². The number of rotatable bonds is 7. The van der Waals surface area contributed by atoms with Gasteiger partial charge in [-0.15, -0.1) is 0 Å². The van der Waals surface area contributed by atoms with Crippen LogP contribution in [0.15, 0.2) is 0 Å². The Morgan fingerprint density at radius 3 is 2.29 bits per heavy atom. The van der Waals surface area contributed by atoms with Gasteiger partial charge in [-0.05, 0) is 7.05 Å². The monoisotopic (exact) mass is 321 g/mol. The lowest BCUT2D eigenvalue weighted by Crippen LogP contribution is -2.48. The molecule has 1 aliphatic rings. The summed E-state index contributed by atoms with van der Waals surface area (Å²) in [6, 6.07) is -1.39. The highest BCUT2D eigenvalue weighted by Crippen LogP contribution is 2.02. The first kappa shape index (κ1) is 17.9. The number of nitrogens with zero attached hydrogens (tertiary/aromatic N) is 2. The molecule has 0 aromatic carbocycles. The molecule has 1 heterocycles. The summed E-state index contributed by atoms with van der Waals surface area (Å²) in [6.45, 7) is 4.95. The van der Waals surface area contributed by atoms with E-state index in [-0.39, 0.29) is 5.75 Å². The highest BCUT2D eigenvalue weighted by Gasteiger charge is 2.26. The van der Waals surface area contributed by atoms with Crippen LogP contribution >= 0.6 is 0 Å². The number of hydrogen-bond acceptors (Lipinski definition) is 6. The van der Waals surface area contributed by atoms with Crippen LogP contribution in [0.3, 0.4) is 0 Å². The van der Waals surface area contributed by atoms with Crippen LogP contribution in [0.4, 0.5) is 0 Å². The van der Waals surface area contributed by atoms with Gasteiger partial charge < -0.3 is 15.3 Å². The molecule has 0 saturated carbocycles. The molecule has 1 atom stereocenters. The predicted octanol–water partition coefficient (Wildman–Crippen LogP) is -1.76. The summed E-state index contributed by atoms with van der Waals surface area (Å²) >= 11 is 0. The molecule has 0 radical (unpaired) electrons. The molecule has 1 rings (SSSR count). The third-order valence-electron chi connectivity index (χ3n) is 3.41. The van der Waals surface area contributed by atoms with Crippen molar-refractivity contribution in [3.63, 3.8) is 0 Å². The first-order valence-electron chi connectivity index (χ1n) is 6.81. The van der Waals surface area contributed by atoms with E-state index < -0.39 is 33.5 Å². The molecule has 1 fully saturated rings. The second-order valence-corrected chi connectivity index (χ2v) is 7.58. The molecular weight excluding hydrogens is 298 g/mol. The van der Waals surface area contributed by atoms with Crippen molar-refractivity contribution in [2.75, 3.05) is 51.3 Å². The van der Waals surface area contributed by atoms with E-state index in [1.54, 1.807) is 0 Å². The Morgan fingerprint density at radius 1 is 1.24 bits per heavy atom. The molecule has 21 heavy (non-hydrogen) atoms. The Morgan fingerprint density at radius 2 is 1.81 bits per heavy atom. The molecule has 0 bridgehead atoms. The van der Waals surface area contributed by atoms with E-state index in [2.05, 4.69) is 10.2 Å². The highest BCUT2D eigenvalue weighted by atomic mass is 32.2. The highest BCUT2D eigenvalue weighted by molar-refractivity contribution is 7.91. The van der Waals surface area contributed by atoms with Crippen LogP contribution in [0.2, 0.25) is 0 Å². The Bertz CT molecular complexity index is 471. The van der Waals surface area contributed by atoms with E-state index in [9.17, 15) is 18.0 Å². The van der Waals surface area contributed by atoms with Crippen LogP contribution in [0, 0.1) is 0 Å². The van der Waals surface area contributed by atoms with Crippen molar-refractivity contribution in [3.8, 4) is 0 Å². The summed E-state index contributed by atoms with van der Waals surface area (Å²) in [7, 11) is -1.52. The smallest absolute Gasteiger partial charge is 0.327 e. The summed E-state index contributed by atoms with van der Waals surface area (Å²) in [6.07, 6.45) is 0. The molecule has 122 valence electrons. The molecule has 1 amide bonds. The van der Waals surface area contributed by atoms with Crippen LogP contribution in [-0.2, 0) is 19.4 Å². The van der Waals surface area contributed by atoms with E-state index in [0.717, 1.165) is 33.1 Å². The number of hydrogen-bond donors (Lipinski definition) is 2. The minimum atomic E-state index is -3.54. The molecule has 8 nitrogen and oxygen atoms in total. The third kappa shape index (κ3) is 6.87. The van der Waals surface area contributed by atoms with Crippen LogP contribution in [0.1, 0.15) is 6.92 Å². The second-order valence-electron chi connectivity index (χ2n) is 5.35. The van der Waals surface area contributed by atoms with Gasteiger partial charge in [0.05, 0.1) is 11.5 Å². The molecule has 0 unspecified atom stereocenters. The first-order chi connectivity index (χ1) is 9.69. The van der Waals surface area contributed by atoms with Gasteiger partial charge in [-0.2, -0.15) is 0 Å². The Balaban J connectivity index is 2.48. The molecule has 0 aromatic heterocycles. The number of piperazine rings is 1. The number of carbonyl (C=O) groups excluding carboxylic acids is 1. The Labute approximate surface area is 125 Å². The number of nitrogens with one attached hydrogen (secondary N) is 1. The van der Waals surface area contributed by atoms with Gasteiger partial charge in [0.25, 0.3) is 0 Å². The quantitative estimate of drug-likeness (QED) is 0.572. The van der Waals surface area contributed by atoms with Gasteiger partial charge in [-0.3, -0.25) is 9.69 Å². The standard InChI is InChI=1S/C12H23N3O5S/c1-10(16)13-11(12(17)18)9-21(19,20)8-7-15-5-3-14(2)4-6-15/h11H,3-9H2,1-2H3,(H,13,16)(H,17,18)/t11-/m0/s1. The number of carboxylic acid groups (broad SMARTS) is 1. The Kier molecular flexibility index (Phi) is 6.56. The fraction of sp³-hybridized carbons (Fsp3) is 0.833. The molecule has 0 aliphatic carbocycles. The zero-order chi connectivity index (χ0) is 16.0. The topological polar surface area (TPSA) is 107 Å². The van der Waals surface area contributed by atoms with Crippen LogP contribution < -0.4 is 5.32 Å². The largest absolute Gasteiger partial charge is 0.480 e. The number of aliphatic carboxylic acids is 1. The van der Waals surface area contributed by atoms with Gasteiger partial charge in [0.1, 0.15) is 6.04 Å². The van der Waals surface area contributed by atoms with Crippen LogP contribution in [0.25, 0.3) is 0 Å². The van der Waals surface area contributed by atoms with Crippen molar-refractivity contribution in [2.24, 2.45) is 0 Å². The fourth-order valence-corrected chi connectivity index (χ4v) is 3.53. The van der Waals surface area contributed by atoms with Gasteiger partial charge in [-0.1, -0.05) is 0 Å². The maximum atomic E-state index is 12.0. The Hall–Kier alpha value is -1.19. The molecule has 2 N–H and O–H groups in total. The molecular formula is C12H23N3O5S. The normalized spacial score (nSPS) is 19.1. The van der Waals surface area contributed by atoms with E-state index in [4.69, 9.17) is 5.11 Å². The van der Waals surface area contributed by atoms with Gasteiger partial charge in [0, 0.05) is 39.6 Å². The summed E-state index contributed by atoms with van der Waals surface area (Å²) in [4.78, 5) is 26.1. The van der Waals surface area contributed by atoms with Gasteiger partial charge in [0.15, 0.2) is 9.84 Å². The van der Waals surface area contributed by atoms with Crippen molar-refractivity contribution in [3.05, 3.63) is 0 Å². The SMILES string of the molecule is CC(=O)N[C@@H](CS(=O)(=O)CCN1CCN(C)CC1)C(=O)O. The van der Waals surface area contributed by atoms with Gasteiger partial charge in [0.2, 0.25) is 5.91 Å². The molecule has 0 spiro atoms. The summed E-state index contributed by atoms with van der Waals surface area (Å²) in [5.41, 5.74) is 0. The lowest BCUT2D eigenvalue weighted by molar-refractivity contribution is -0.140. The van der Waals surface area contributed by atoms with E-state index in [1.165, 1.54) is 0 Å². The van der Waals surface area contributed by atoms with E-state index >= 15 is 0 Å². The lowest BCUT2D eigenvalue weighted by Gasteiger charge is -2.32. The third-order valence-corrected chi connectivity index (χ3v) is 5.06. The molecule has 9 heteroatoms. The average Bonchev–Trinajstić information content (AvgIpc) is 2.36. The molecule has 1 saturated heterocycles. The van der Waals surface area contributed by atoms with Crippen molar-refractivity contribution in [2.45, 2.75) is 13.0 Å².